The fourth-order valence-electron chi connectivity index (χ4n) is 2.21. The van der Waals surface area contributed by atoms with Crippen molar-refractivity contribution in [2.24, 2.45) is 0 Å². The maximum Gasteiger partial charge on any atom is 0.573 e. The van der Waals surface area contributed by atoms with Crippen LogP contribution in [-0.2, 0) is 26.1 Å². The van der Waals surface area contributed by atoms with Crippen LogP contribution in [-0.4, -0.2) is 43.2 Å². The Kier molecular flexibility index (Phi) is 6.97. The van der Waals surface area contributed by atoms with Crippen LogP contribution in [0.25, 0.3) is 0 Å². The number of esters is 1. The lowest BCUT2D eigenvalue weighted by atomic mass is 10.3. The summed E-state index contributed by atoms with van der Waals surface area (Å²) in [5.74, 6) is -1.33. The third-order valence-electron chi connectivity index (χ3n) is 3.37. The molecular formula is C17H17F3N2O5S. The molecule has 2 rings (SSSR count). The van der Waals surface area contributed by atoms with Gasteiger partial charge in [0.25, 0.3) is 0 Å². The average molecular weight is 418 g/mol. The molecule has 28 heavy (non-hydrogen) atoms. The molecule has 7 nitrogen and oxygen atoms in total. The van der Waals surface area contributed by atoms with Gasteiger partial charge in [-0.2, -0.15) is 4.31 Å². The molecule has 0 spiro atoms. The number of pyridine rings is 1. The van der Waals surface area contributed by atoms with E-state index in [0.29, 0.717) is 5.69 Å². The molecule has 0 bridgehead atoms. The summed E-state index contributed by atoms with van der Waals surface area (Å²) in [6, 6.07) is 8.56. The minimum absolute atomic E-state index is 0.0692. The average Bonchev–Trinajstić information content (AvgIpc) is 2.61. The first-order valence-corrected chi connectivity index (χ1v) is 9.47. The van der Waals surface area contributed by atoms with E-state index < -0.39 is 34.6 Å². The Bertz CT molecular complexity index is 887. The summed E-state index contributed by atoms with van der Waals surface area (Å²) in [5.41, 5.74) is 0.382. The van der Waals surface area contributed by atoms with Crippen LogP contribution >= 0.6 is 0 Å². The van der Waals surface area contributed by atoms with Crippen molar-refractivity contribution in [1.82, 2.24) is 9.29 Å². The van der Waals surface area contributed by atoms with Crippen LogP contribution in [0.1, 0.15) is 12.6 Å². The molecule has 1 heterocycles. The van der Waals surface area contributed by atoms with Crippen LogP contribution in [0.3, 0.4) is 0 Å². The Morgan fingerprint density at radius 2 is 1.82 bits per heavy atom. The molecule has 11 heteroatoms. The third-order valence-corrected chi connectivity index (χ3v) is 5.18. The summed E-state index contributed by atoms with van der Waals surface area (Å²) in [6.07, 6.45) is -3.43. The molecule has 0 saturated carbocycles. The van der Waals surface area contributed by atoms with Gasteiger partial charge in [0.15, 0.2) is 0 Å². The quantitative estimate of drug-likeness (QED) is 0.613. The molecule has 0 radical (unpaired) electrons. The number of halogens is 3. The lowest BCUT2D eigenvalue weighted by Gasteiger charge is -2.21. The number of sulfonamides is 1. The van der Waals surface area contributed by atoms with Crippen LogP contribution in [0.4, 0.5) is 13.2 Å². The Balaban J connectivity index is 2.29. The molecule has 0 amide bonds. The number of carbonyl (C=O) groups excluding carboxylic acids is 1. The molecule has 2 aromatic rings. The predicted molar refractivity (Wildman–Crippen MR) is 91.6 cm³/mol. The first kappa shape index (κ1) is 21.6. The predicted octanol–water partition coefficient (Wildman–Crippen LogP) is 2.73. The van der Waals surface area contributed by atoms with Gasteiger partial charge in [0.05, 0.1) is 23.7 Å². The van der Waals surface area contributed by atoms with E-state index in [2.05, 4.69) is 9.72 Å². The molecule has 0 unspecified atom stereocenters. The topological polar surface area (TPSA) is 85.8 Å². The second-order valence-electron chi connectivity index (χ2n) is 5.42. The minimum Gasteiger partial charge on any atom is -0.465 e. The summed E-state index contributed by atoms with van der Waals surface area (Å²) in [6.45, 7) is 0.852. The highest BCUT2D eigenvalue weighted by atomic mass is 32.2. The summed E-state index contributed by atoms with van der Waals surface area (Å²) < 4.78 is 71.9. The number of benzene rings is 1. The van der Waals surface area contributed by atoms with Gasteiger partial charge in [-0.05, 0) is 43.3 Å². The van der Waals surface area contributed by atoms with Gasteiger partial charge < -0.3 is 9.47 Å². The fourth-order valence-corrected chi connectivity index (χ4v) is 3.57. The second kappa shape index (κ2) is 9.02. The Morgan fingerprint density at radius 3 is 2.36 bits per heavy atom. The fraction of sp³-hybridized carbons (Fsp3) is 0.294. The molecular weight excluding hydrogens is 401 g/mol. The lowest BCUT2D eigenvalue weighted by molar-refractivity contribution is -0.274. The maximum absolute atomic E-state index is 12.9. The molecule has 1 aromatic carbocycles. The zero-order valence-electron chi connectivity index (χ0n) is 14.7. The van der Waals surface area contributed by atoms with Crippen LogP contribution in [0.15, 0.2) is 53.6 Å². The standard InChI is InChI=1S/C17H17F3N2O5S/c1-2-26-16(23)12-22(11-13-5-3-4-10-21-13)28(24,25)15-8-6-14(7-9-15)27-17(18,19)20/h3-10H,2,11-12H2,1H3. The largest absolute Gasteiger partial charge is 0.573 e. The maximum atomic E-state index is 12.9. The van der Waals surface area contributed by atoms with Crippen molar-refractivity contribution in [2.75, 3.05) is 13.2 Å². The lowest BCUT2D eigenvalue weighted by Crippen LogP contribution is -2.36. The minimum atomic E-state index is -4.89. The van der Waals surface area contributed by atoms with E-state index >= 15 is 0 Å². The van der Waals surface area contributed by atoms with E-state index in [1.165, 1.54) is 6.20 Å². The van der Waals surface area contributed by atoms with Gasteiger partial charge in [-0.3, -0.25) is 9.78 Å². The Morgan fingerprint density at radius 1 is 1.14 bits per heavy atom. The van der Waals surface area contributed by atoms with Crippen LogP contribution in [0, 0.1) is 0 Å². The zero-order valence-corrected chi connectivity index (χ0v) is 15.5. The Hall–Kier alpha value is -2.66. The van der Waals surface area contributed by atoms with Crippen molar-refractivity contribution in [2.45, 2.75) is 24.7 Å². The molecule has 152 valence electrons. The van der Waals surface area contributed by atoms with Crippen molar-refractivity contribution in [1.29, 1.82) is 0 Å². The van der Waals surface area contributed by atoms with Gasteiger partial charge in [0.1, 0.15) is 12.3 Å². The summed E-state index contributed by atoms with van der Waals surface area (Å²) in [7, 11) is -4.22. The summed E-state index contributed by atoms with van der Waals surface area (Å²) in [5, 5.41) is 0. The van der Waals surface area contributed by atoms with Crippen molar-refractivity contribution < 1.29 is 35.9 Å². The van der Waals surface area contributed by atoms with Crippen molar-refractivity contribution in [3.63, 3.8) is 0 Å². The molecule has 0 aliphatic carbocycles. The van der Waals surface area contributed by atoms with Gasteiger partial charge in [-0.25, -0.2) is 8.42 Å². The highest BCUT2D eigenvalue weighted by molar-refractivity contribution is 7.89. The van der Waals surface area contributed by atoms with Crippen molar-refractivity contribution >= 4 is 16.0 Å². The first-order valence-electron chi connectivity index (χ1n) is 8.03. The monoisotopic (exact) mass is 418 g/mol. The van der Waals surface area contributed by atoms with Gasteiger partial charge >= 0.3 is 12.3 Å². The van der Waals surface area contributed by atoms with Crippen molar-refractivity contribution in [3.05, 3.63) is 54.4 Å². The first-order chi connectivity index (χ1) is 13.1. The number of hydrogen-bond acceptors (Lipinski definition) is 6. The summed E-state index contributed by atoms with van der Waals surface area (Å²) >= 11 is 0. The molecule has 0 saturated heterocycles. The SMILES string of the molecule is CCOC(=O)CN(Cc1ccccn1)S(=O)(=O)c1ccc(OC(F)(F)F)cc1. The summed E-state index contributed by atoms with van der Waals surface area (Å²) in [4.78, 5) is 15.6. The number of carbonyl (C=O) groups is 1. The highest BCUT2D eigenvalue weighted by Crippen LogP contribution is 2.25. The number of nitrogens with zero attached hydrogens (tertiary/aromatic N) is 2. The van der Waals surface area contributed by atoms with Gasteiger partial charge in [0, 0.05) is 6.20 Å². The van der Waals surface area contributed by atoms with Crippen LogP contribution in [0.5, 0.6) is 5.75 Å². The van der Waals surface area contributed by atoms with E-state index in [1.807, 2.05) is 0 Å². The van der Waals surface area contributed by atoms with Gasteiger partial charge in [-0.15, -0.1) is 13.2 Å². The Labute approximate surface area is 159 Å². The molecule has 0 aliphatic rings. The number of aromatic nitrogens is 1. The van der Waals surface area contributed by atoms with E-state index in [1.54, 1.807) is 25.1 Å². The molecule has 0 N–H and O–H groups in total. The molecule has 0 fully saturated rings. The number of hydrogen-bond donors (Lipinski definition) is 0. The van der Waals surface area contributed by atoms with Crippen molar-refractivity contribution in [3.8, 4) is 5.75 Å². The highest BCUT2D eigenvalue weighted by Gasteiger charge is 2.32. The second-order valence-corrected chi connectivity index (χ2v) is 7.36. The van der Waals surface area contributed by atoms with E-state index in [0.717, 1.165) is 28.6 Å². The van der Waals surface area contributed by atoms with Crippen LogP contribution in [0.2, 0.25) is 0 Å². The number of rotatable bonds is 8. The smallest absolute Gasteiger partial charge is 0.465 e. The van der Waals surface area contributed by atoms with E-state index in [9.17, 15) is 26.4 Å². The zero-order chi connectivity index (χ0) is 20.8. The van der Waals surface area contributed by atoms with E-state index in [-0.39, 0.29) is 18.0 Å². The number of alkyl halides is 3. The third kappa shape index (κ3) is 6.20. The molecule has 1 aromatic heterocycles. The van der Waals surface area contributed by atoms with E-state index in [4.69, 9.17) is 4.74 Å². The number of ether oxygens (including phenoxy) is 2. The van der Waals surface area contributed by atoms with Crippen LogP contribution < -0.4 is 4.74 Å². The normalized spacial score (nSPS) is 12.0. The molecule has 0 atom stereocenters. The molecule has 0 aliphatic heterocycles. The van der Waals surface area contributed by atoms with Gasteiger partial charge in [-0.1, -0.05) is 6.07 Å². The van der Waals surface area contributed by atoms with Gasteiger partial charge in [0.2, 0.25) is 10.0 Å².